The summed E-state index contributed by atoms with van der Waals surface area (Å²) in [6, 6.07) is 0.872. The van der Waals surface area contributed by atoms with Crippen LogP contribution in [0, 0.1) is 0 Å². The molecule has 12 rings (SSSR count). The number of amides is 5. The molecule has 1 aromatic carbocycles. The maximum Gasteiger partial charge on any atom is 0.358 e. The zero-order valence-electron chi connectivity index (χ0n) is 55.2. The number of esters is 2. The molecule has 1 fully saturated rings. The zero-order chi connectivity index (χ0) is 71.2. The Hall–Kier alpha value is -8.79. The predicted octanol–water partition coefficient (Wildman–Crippen LogP) is 5.23. The second-order valence-electron chi connectivity index (χ2n) is 24.3. The first-order valence-corrected chi connectivity index (χ1v) is 35.9. The van der Waals surface area contributed by atoms with Gasteiger partial charge in [0.1, 0.15) is 119 Å². The summed E-state index contributed by atoms with van der Waals surface area (Å²) in [4.78, 5) is 135. The largest absolute Gasteiger partial charge is 0.506 e. The number of likely N-dealkylation sites (N-methyl/N-ethyl adjacent to an activating group) is 2. The van der Waals surface area contributed by atoms with Gasteiger partial charge in [0.2, 0.25) is 5.91 Å². The van der Waals surface area contributed by atoms with Gasteiger partial charge in [0.05, 0.1) is 49.3 Å². The third-order valence-corrected chi connectivity index (χ3v) is 22.0. The highest BCUT2D eigenvalue weighted by molar-refractivity contribution is 7.14. The van der Waals surface area contributed by atoms with E-state index in [1.165, 1.54) is 55.4 Å². The molecule has 10 unspecified atom stereocenters. The van der Waals surface area contributed by atoms with Gasteiger partial charge in [-0.3, -0.25) is 24.0 Å². The fraction of sp³-hybridized carbons (Fsp3) is 0.422. The molecule has 1 saturated heterocycles. The second kappa shape index (κ2) is 29.4. The van der Waals surface area contributed by atoms with Gasteiger partial charge in [-0.2, -0.15) is 4.73 Å². The van der Waals surface area contributed by atoms with Crippen LogP contribution in [0.5, 0.6) is 5.75 Å². The molecule has 5 amide bonds. The number of nitrogens with zero attached hydrogens (tertiary/aromatic N) is 9. The first kappa shape index (κ1) is 71.1. The van der Waals surface area contributed by atoms with Crippen LogP contribution in [0.2, 0.25) is 0 Å². The lowest BCUT2D eigenvalue weighted by Crippen LogP contribution is -2.62. The smallest absolute Gasteiger partial charge is 0.358 e. The summed E-state index contributed by atoms with van der Waals surface area (Å²) in [7, 11) is 4.87. The summed E-state index contributed by atoms with van der Waals surface area (Å²) in [5.74, 6) is -6.55. The highest BCUT2D eigenvalue weighted by Gasteiger charge is 2.50. The number of methoxy groups -OCH3 is 1. The number of benzene rings is 1. The summed E-state index contributed by atoms with van der Waals surface area (Å²) < 4.78 is 38.4. The van der Waals surface area contributed by atoms with Crippen LogP contribution in [-0.4, -0.2) is 209 Å². The van der Waals surface area contributed by atoms with Crippen molar-refractivity contribution in [1.82, 2.24) is 71.0 Å². The number of cyclic esters (lactones) is 2. The third kappa shape index (κ3) is 14.3. The van der Waals surface area contributed by atoms with Gasteiger partial charge in [0.25, 0.3) is 23.6 Å². The van der Waals surface area contributed by atoms with E-state index in [0.717, 1.165) is 69.8 Å². The fourth-order valence-electron chi connectivity index (χ4n) is 12.4. The van der Waals surface area contributed by atoms with E-state index in [2.05, 4.69) is 46.4 Å². The van der Waals surface area contributed by atoms with Crippen LogP contribution in [0.1, 0.15) is 138 Å². The van der Waals surface area contributed by atoms with Gasteiger partial charge < -0.3 is 85.3 Å². The van der Waals surface area contributed by atoms with Crippen molar-refractivity contribution in [2.45, 2.75) is 122 Å². The number of allylic oxidation sites excluding steroid dienone is 1. The second-order valence-corrected chi connectivity index (χ2v) is 28.8. The first-order chi connectivity index (χ1) is 47.8. The van der Waals surface area contributed by atoms with Gasteiger partial charge in [0.15, 0.2) is 18.1 Å². The Morgan fingerprint density at radius 2 is 1.60 bits per heavy atom. The average Bonchev–Trinajstić information content (AvgIpc) is 1.59. The topological polar surface area (TPSA) is 405 Å². The molecule has 0 aliphatic carbocycles. The quantitative estimate of drug-likeness (QED) is 0.0429. The standard InChI is InChI=1S/C64H70N14O17S5/c1-10-77(11-2)16-15-65-52(81)35-24-99-61(70-35)46-39(80)17-31-45(72-46)34-23-97-58(68-34)33-22-93-62(86)48-32-21-91-49(50(95-41-18-64(6,88)51(76(7)8)29(5)94-41)63(87)92-20-30-13-12-14-38(42(30)32)78(48)89)47(59-66-19-40(100-59)55(84)67-33)75-54(83)37-26-98-60(71-37)44(28(4)90-9)74-56(85)43(27(3)79)73-53(82)36-25-96-57(31)69-36/h12-14,17,19,23-27,29,33,41,43,47,49-51,79-80,88-89H,10-11,15-16,18,20-22H2,1-9H3,(H,65,81)(H,67,84)(H,73,82)(H,74,85)(H,75,83). The van der Waals surface area contributed by atoms with Gasteiger partial charge in [-0.05, 0) is 72.6 Å². The van der Waals surface area contributed by atoms with Gasteiger partial charge in [-0.25, -0.2) is 39.5 Å². The first-order valence-electron chi connectivity index (χ1n) is 31.5. The summed E-state index contributed by atoms with van der Waals surface area (Å²) >= 11 is 4.65. The number of hydrogen-bond acceptors (Lipinski definition) is 30. The highest BCUT2D eigenvalue weighted by Crippen LogP contribution is 2.43. The molecule has 12 bridgehead atoms. The van der Waals surface area contributed by atoms with Crippen molar-refractivity contribution in [3.05, 3.63) is 112 Å². The van der Waals surface area contributed by atoms with Crippen molar-refractivity contribution in [1.29, 1.82) is 0 Å². The minimum atomic E-state index is -1.90. The summed E-state index contributed by atoms with van der Waals surface area (Å²) in [6.45, 7) is 10.9. The molecule has 100 heavy (non-hydrogen) atoms. The number of aromatic nitrogens is 7. The number of thiazole rings is 5. The summed E-state index contributed by atoms with van der Waals surface area (Å²) in [6.07, 6.45) is -6.25. The number of aliphatic hydroxyl groups excluding tert-OH is 1. The lowest BCUT2D eigenvalue weighted by atomic mass is 9.85. The van der Waals surface area contributed by atoms with E-state index >= 15 is 19.2 Å². The van der Waals surface area contributed by atoms with Crippen LogP contribution in [0.3, 0.4) is 0 Å². The van der Waals surface area contributed by atoms with Crippen LogP contribution in [0.25, 0.3) is 49.3 Å². The van der Waals surface area contributed by atoms with Gasteiger partial charge in [-0.15, -0.1) is 56.7 Å². The molecule has 36 heteroatoms. The number of ether oxygens (including phenoxy) is 6. The van der Waals surface area contributed by atoms with Crippen molar-refractivity contribution in [3.63, 3.8) is 0 Å². The minimum Gasteiger partial charge on any atom is -0.506 e. The number of pyridine rings is 1. The van der Waals surface area contributed by atoms with E-state index in [-0.39, 0.29) is 104 Å². The van der Waals surface area contributed by atoms with Crippen molar-refractivity contribution in [2.75, 3.05) is 54.0 Å². The van der Waals surface area contributed by atoms with E-state index in [1.54, 1.807) is 50.4 Å². The molecule has 9 N–H and O–H groups in total. The third-order valence-electron chi connectivity index (χ3n) is 17.4. The molecule has 8 aromatic rings. The van der Waals surface area contributed by atoms with Crippen molar-refractivity contribution >= 4 is 115 Å². The number of rotatable bonds is 12. The Morgan fingerprint density at radius 3 is 2.32 bits per heavy atom. The number of nitrogens with one attached hydrogen (secondary N) is 5. The van der Waals surface area contributed by atoms with Crippen LogP contribution >= 0.6 is 56.7 Å². The monoisotopic (exact) mass is 1470 g/mol. The number of hydrogen-bond donors (Lipinski definition) is 9. The summed E-state index contributed by atoms with van der Waals surface area (Å²) in [5.41, 5.74) is -1.83. The maximum atomic E-state index is 15.2. The van der Waals surface area contributed by atoms with Crippen LogP contribution < -0.4 is 26.6 Å². The molecule has 528 valence electrons. The molecule has 31 nitrogen and oxygen atoms in total. The fourth-order valence-corrected chi connectivity index (χ4v) is 16.6. The van der Waals surface area contributed by atoms with E-state index in [0.29, 0.717) is 23.4 Å². The van der Waals surface area contributed by atoms with E-state index < -0.39 is 133 Å². The number of aromatic hydroxyl groups is 1. The molecular weight excluding hydrogens is 1400 g/mol. The molecule has 0 saturated carbocycles. The van der Waals surface area contributed by atoms with Crippen molar-refractivity contribution in [3.8, 4) is 38.4 Å². The Kier molecular flexibility index (Phi) is 20.9. The molecule has 0 spiro atoms. The average molecular weight is 1470 g/mol. The lowest BCUT2D eigenvalue weighted by Gasteiger charge is -2.48. The van der Waals surface area contributed by atoms with Crippen LogP contribution in [-0.2, 0) is 51.2 Å². The predicted molar refractivity (Wildman–Crippen MR) is 364 cm³/mol. The van der Waals surface area contributed by atoms with Gasteiger partial charge in [-0.1, -0.05) is 26.0 Å². The minimum absolute atomic E-state index is 0.00124. The van der Waals surface area contributed by atoms with Crippen molar-refractivity contribution in [2.24, 2.45) is 0 Å². The number of carbonyl (C=O) groups is 7. The molecule has 0 radical (unpaired) electrons. The Balaban J connectivity index is 1.03. The molecule has 4 aliphatic rings. The number of fused-ring (bicyclic) bond motifs is 15. The highest BCUT2D eigenvalue weighted by atomic mass is 32.1. The van der Waals surface area contributed by atoms with Gasteiger partial charge >= 0.3 is 11.9 Å². The Morgan fingerprint density at radius 1 is 0.880 bits per heavy atom. The lowest BCUT2D eigenvalue weighted by molar-refractivity contribution is -0.280. The van der Waals surface area contributed by atoms with Crippen molar-refractivity contribution < 1.29 is 82.5 Å². The molecule has 11 heterocycles. The Bertz CT molecular complexity index is 4510. The summed E-state index contributed by atoms with van der Waals surface area (Å²) in [5, 5.41) is 67.6. The molecule has 7 aromatic heterocycles. The van der Waals surface area contributed by atoms with E-state index in [9.17, 15) is 34.9 Å². The Labute approximate surface area is 590 Å². The van der Waals surface area contributed by atoms with E-state index in [1.807, 2.05) is 13.8 Å². The van der Waals surface area contributed by atoms with Gasteiger partial charge in [0, 0.05) is 57.5 Å². The number of aliphatic hydroxyl groups is 2. The maximum absolute atomic E-state index is 15.2. The van der Waals surface area contributed by atoms with E-state index in [4.69, 9.17) is 43.4 Å². The SMILES string of the molecule is CCN(CC)CCNC(=O)c1csc(-c2nc3c(cc2O)-c2nc(cs2)C(=O)NC(C(C)O)C(=O)NC(=C(C)OC)c2nc(cs2)C(=O)NC2c4ncc(s4)C(=O)NC(COC(=O)c4c5c6c(cccc6n4O)COC(=O)C(OC4CC(C)(O)C(N(C)C)C(C)O4)C2OC5)c2nc-3cs2)n1. The number of carbonyl (C=O) groups excluding carboxylic acids is 7. The normalized spacial score (nSPS) is 23.9. The van der Waals surface area contributed by atoms with Crippen LogP contribution in [0.4, 0.5) is 0 Å². The van der Waals surface area contributed by atoms with Crippen LogP contribution in [0.15, 0.2) is 57.7 Å². The molecule has 10 atom stereocenters. The molecular formula is C64H70N14O17S5. The zero-order valence-corrected chi connectivity index (χ0v) is 59.3. The molecule has 4 aliphatic heterocycles.